The van der Waals surface area contributed by atoms with Crippen LogP contribution in [0.15, 0.2) is 35.1 Å². The van der Waals surface area contributed by atoms with E-state index in [2.05, 4.69) is 15.4 Å². The Morgan fingerprint density at radius 2 is 1.97 bits per heavy atom. The highest BCUT2D eigenvalue weighted by Crippen LogP contribution is 2.27. The van der Waals surface area contributed by atoms with E-state index in [-0.39, 0.29) is 24.6 Å². The third kappa shape index (κ3) is 4.62. The van der Waals surface area contributed by atoms with E-state index in [1.165, 1.54) is 36.3 Å². The second-order valence-corrected chi connectivity index (χ2v) is 7.45. The van der Waals surface area contributed by atoms with Gasteiger partial charge in [-0.3, -0.25) is 9.59 Å². The molecule has 0 unspecified atom stereocenters. The maximum Gasteiger partial charge on any atom is 0.266 e. The molecule has 2 heterocycles. The van der Waals surface area contributed by atoms with Gasteiger partial charge in [0.25, 0.3) is 11.5 Å². The quantitative estimate of drug-likeness (QED) is 0.638. The first-order chi connectivity index (χ1) is 13.9. The van der Waals surface area contributed by atoms with Gasteiger partial charge in [-0.1, -0.05) is 0 Å². The van der Waals surface area contributed by atoms with Gasteiger partial charge in [-0.25, -0.2) is 9.67 Å². The molecule has 1 aromatic carbocycles. The number of nitrogens with zero attached hydrogens (tertiary/aromatic N) is 3. The molecule has 0 aliphatic rings. The number of benzene rings is 1. The highest BCUT2D eigenvalue weighted by molar-refractivity contribution is 7.15. The molecule has 152 valence electrons. The van der Waals surface area contributed by atoms with E-state index in [1.54, 1.807) is 24.3 Å². The molecule has 0 bridgehead atoms. The van der Waals surface area contributed by atoms with Crippen molar-refractivity contribution in [1.82, 2.24) is 20.1 Å². The molecule has 0 aliphatic heterocycles. The minimum absolute atomic E-state index is 0.232. The molecule has 9 heteroatoms. The molecule has 0 saturated carbocycles. The summed E-state index contributed by atoms with van der Waals surface area (Å²) in [4.78, 5) is 30.0. The third-order valence-corrected chi connectivity index (χ3v) is 5.36. The molecular formula is C20H22N4O4S. The summed E-state index contributed by atoms with van der Waals surface area (Å²) in [6, 6.07) is 8.16. The fourth-order valence-corrected chi connectivity index (χ4v) is 3.75. The summed E-state index contributed by atoms with van der Waals surface area (Å²) in [5.74, 6) is 0.673. The van der Waals surface area contributed by atoms with Crippen molar-refractivity contribution in [2.24, 2.45) is 0 Å². The van der Waals surface area contributed by atoms with Crippen molar-refractivity contribution in [3.8, 4) is 22.1 Å². The van der Waals surface area contributed by atoms with Crippen LogP contribution in [0, 0.1) is 13.8 Å². The van der Waals surface area contributed by atoms with Crippen LogP contribution in [0.5, 0.6) is 11.5 Å². The summed E-state index contributed by atoms with van der Waals surface area (Å²) < 4.78 is 11.7. The van der Waals surface area contributed by atoms with Crippen LogP contribution in [0.2, 0.25) is 0 Å². The summed E-state index contributed by atoms with van der Waals surface area (Å²) in [7, 11) is 3.03. The Labute approximate surface area is 172 Å². The number of carbonyl (C=O) groups is 1. The lowest BCUT2D eigenvalue weighted by atomic mass is 10.1. The highest BCUT2D eigenvalue weighted by atomic mass is 32.1. The molecule has 0 saturated heterocycles. The van der Waals surface area contributed by atoms with Crippen molar-refractivity contribution in [2.45, 2.75) is 20.4 Å². The zero-order chi connectivity index (χ0) is 21.0. The summed E-state index contributed by atoms with van der Waals surface area (Å²) >= 11 is 1.53. The van der Waals surface area contributed by atoms with Gasteiger partial charge in [0.1, 0.15) is 17.2 Å². The normalized spacial score (nSPS) is 10.6. The van der Waals surface area contributed by atoms with Gasteiger partial charge in [-0.05, 0) is 38.1 Å². The van der Waals surface area contributed by atoms with Crippen LogP contribution in [-0.2, 0) is 6.54 Å². The number of hydrogen-bond acceptors (Lipinski definition) is 7. The number of aromatic nitrogens is 3. The van der Waals surface area contributed by atoms with Crippen LogP contribution in [0.4, 0.5) is 0 Å². The van der Waals surface area contributed by atoms with Gasteiger partial charge in [0.05, 0.1) is 41.9 Å². The first-order valence-electron chi connectivity index (χ1n) is 8.95. The van der Waals surface area contributed by atoms with Crippen LogP contribution >= 0.6 is 11.3 Å². The first-order valence-corrected chi connectivity index (χ1v) is 9.77. The molecule has 29 heavy (non-hydrogen) atoms. The van der Waals surface area contributed by atoms with Crippen molar-refractivity contribution < 1.29 is 14.3 Å². The summed E-state index contributed by atoms with van der Waals surface area (Å²) in [5.41, 5.74) is 1.69. The molecule has 3 aromatic rings. The van der Waals surface area contributed by atoms with Gasteiger partial charge in [0.15, 0.2) is 0 Å². The summed E-state index contributed by atoms with van der Waals surface area (Å²) in [6.45, 7) is 4.31. The molecule has 2 aromatic heterocycles. The average molecular weight is 414 g/mol. The molecule has 3 rings (SSSR count). The number of rotatable bonds is 7. The number of carbonyl (C=O) groups excluding carboxylic acids is 1. The SMILES string of the molecule is COc1ccc(OC)c(C(=O)NCCn2nc(-c3sc(C)nc3C)ccc2=O)c1. The molecule has 0 radical (unpaired) electrons. The molecule has 0 fully saturated rings. The predicted octanol–water partition coefficient (Wildman–Crippen LogP) is 2.43. The number of hydrogen-bond donors (Lipinski definition) is 1. The topological polar surface area (TPSA) is 95.3 Å². The molecule has 1 N–H and O–H groups in total. The number of methoxy groups -OCH3 is 2. The van der Waals surface area contributed by atoms with Crippen molar-refractivity contribution >= 4 is 17.2 Å². The van der Waals surface area contributed by atoms with E-state index in [9.17, 15) is 9.59 Å². The van der Waals surface area contributed by atoms with E-state index in [0.29, 0.717) is 22.8 Å². The molecule has 1 amide bonds. The maximum atomic E-state index is 12.5. The Balaban J connectivity index is 1.72. The Morgan fingerprint density at radius 1 is 1.17 bits per heavy atom. The number of ether oxygens (including phenoxy) is 2. The van der Waals surface area contributed by atoms with Gasteiger partial charge in [0, 0.05) is 12.6 Å². The number of thiazole rings is 1. The minimum atomic E-state index is -0.320. The average Bonchev–Trinajstić information content (AvgIpc) is 3.06. The zero-order valence-electron chi connectivity index (χ0n) is 16.7. The Kier molecular flexibility index (Phi) is 6.28. The summed E-state index contributed by atoms with van der Waals surface area (Å²) in [6.07, 6.45) is 0. The number of nitrogens with one attached hydrogen (secondary N) is 1. The third-order valence-electron chi connectivity index (χ3n) is 4.26. The van der Waals surface area contributed by atoms with Gasteiger partial charge in [-0.15, -0.1) is 11.3 Å². The van der Waals surface area contributed by atoms with Crippen LogP contribution in [0.3, 0.4) is 0 Å². The van der Waals surface area contributed by atoms with Crippen LogP contribution in [0.25, 0.3) is 10.6 Å². The summed E-state index contributed by atoms with van der Waals surface area (Å²) in [5, 5.41) is 8.16. The Bertz CT molecular complexity index is 1090. The van der Waals surface area contributed by atoms with E-state index in [0.717, 1.165) is 15.6 Å². The van der Waals surface area contributed by atoms with Crippen molar-refractivity contribution in [1.29, 1.82) is 0 Å². The van der Waals surface area contributed by atoms with Crippen LogP contribution in [-0.4, -0.2) is 41.4 Å². The highest BCUT2D eigenvalue weighted by Gasteiger charge is 2.14. The van der Waals surface area contributed by atoms with Gasteiger partial charge in [0.2, 0.25) is 0 Å². The molecule has 8 nitrogen and oxygen atoms in total. The Hall–Kier alpha value is -3.20. The fourth-order valence-electron chi connectivity index (χ4n) is 2.86. The second kappa shape index (κ2) is 8.87. The predicted molar refractivity (Wildman–Crippen MR) is 111 cm³/mol. The van der Waals surface area contributed by atoms with Crippen molar-refractivity contribution in [3.05, 3.63) is 57.0 Å². The smallest absolute Gasteiger partial charge is 0.266 e. The van der Waals surface area contributed by atoms with Crippen LogP contribution in [0.1, 0.15) is 21.1 Å². The fraction of sp³-hybridized carbons (Fsp3) is 0.300. The largest absolute Gasteiger partial charge is 0.497 e. The standard InChI is InChI=1S/C20H22N4O4S/c1-12-19(29-13(2)22-12)16-6-8-18(25)24(23-16)10-9-21-20(26)15-11-14(27-3)5-7-17(15)28-4/h5-8,11H,9-10H2,1-4H3,(H,21,26). The van der Waals surface area contributed by atoms with Crippen LogP contribution < -0.4 is 20.3 Å². The zero-order valence-corrected chi connectivity index (χ0v) is 17.5. The Morgan fingerprint density at radius 3 is 2.62 bits per heavy atom. The van der Waals surface area contributed by atoms with Gasteiger partial charge in [-0.2, -0.15) is 5.10 Å². The van der Waals surface area contributed by atoms with E-state index in [1.807, 2.05) is 13.8 Å². The molecular weight excluding hydrogens is 392 g/mol. The molecule has 0 atom stereocenters. The molecule has 0 aliphatic carbocycles. The van der Waals surface area contributed by atoms with Crippen molar-refractivity contribution in [3.63, 3.8) is 0 Å². The maximum absolute atomic E-state index is 12.5. The lowest BCUT2D eigenvalue weighted by molar-refractivity contribution is 0.0948. The lowest BCUT2D eigenvalue weighted by Gasteiger charge is -2.11. The van der Waals surface area contributed by atoms with Crippen molar-refractivity contribution in [2.75, 3.05) is 20.8 Å². The van der Waals surface area contributed by atoms with E-state index >= 15 is 0 Å². The van der Waals surface area contributed by atoms with E-state index in [4.69, 9.17) is 9.47 Å². The minimum Gasteiger partial charge on any atom is -0.497 e. The first kappa shape index (κ1) is 20.5. The molecule has 0 spiro atoms. The van der Waals surface area contributed by atoms with Gasteiger partial charge >= 0.3 is 0 Å². The van der Waals surface area contributed by atoms with E-state index < -0.39 is 0 Å². The lowest BCUT2D eigenvalue weighted by Crippen LogP contribution is -2.32. The number of aryl methyl sites for hydroxylation is 2. The number of amides is 1. The second-order valence-electron chi connectivity index (χ2n) is 6.25. The van der Waals surface area contributed by atoms with Gasteiger partial charge < -0.3 is 14.8 Å². The monoisotopic (exact) mass is 414 g/mol.